The second-order valence-corrected chi connectivity index (χ2v) is 6.63. The Morgan fingerprint density at radius 1 is 1.53 bits per heavy atom. The fourth-order valence-electron chi connectivity index (χ4n) is 2.81. The Morgan fingerprint density at radius 2 is 2.42 bits per heavy atom. The van der Waals surface area contributed by atoms with Crippen LogP contribution in [0, 0.1) is 0 Å². The van der Waals surface area contributed by atoms with E-state index in [1.807, 2.05) is 11.3 Å². The summed E-state index contributed by atoms with van der Waals surface area (Å²) < 4.78 is 8.42. The van der Waals surface area contributed by atoms with Gasteiger partial charge in [0.2, 0.25) is 0 Å². The van der Waals surface area contributed by atoms with Crippen molar-refractivity contribution in [1.29, 1.82) is 0 Å². The first-order valence-electron chi connectivity index (χ1n) is 6.82. The van der Waals surface area contributed by atoms with E-state index in [1.54, 1.807) is 0 Å². The lowest BCUT2D eigenvalue weighted by molar-refractivity contribution is 0.0793. The van der Waals surface area contributed by atoms with Gasteiger partial charge < -0.3 is 10.1 Å². The van der Waals surface area contributed by atoms with Crippen LogP contribution >= 0.6 is 27.3 Å². The lowest BCUT2D eigenvalue weighted by Gasteiger charge is -2.23. The minimum absolute atomic E-state index is 0.315. The van der Waals surface area contributed by atoms with Crippen LogP contribution in [-0.4, -0.2) is 19.3 Å². The molecule has 19 heavy (non-hydrogen) atoms. The topological polar surface area (TPSA) is 21.3 Å². The molecule has 1 aromatic heterocycles. The SMILES string of the molecule is CCNC(c1csc2c(Br)cccc12)C1CCCO1. The molecule has 1 N–H and O–H groups in total. The Bertz CT molecular complexity index is 562. The molecule has 4 heteroatoms. The van der Waals surface area contributed by atoms with Crippen LogP contribution in [0.2, 0.25) is 0 Å². The van der Waals surface area contributed by atoms with Gasteiger partial charge >= 0.3 is 0 Å². The predicted octanol–water partition coefficient (Wildman–Crippen LogP) is 4.49. The highest BCUT2D eigenvalue weighted by Crippen LogP contribution is 2.38. The molecule has 3 rings (SSSR count). The summed E-state index contributed by atoms with van der Waals surface area (Å²) in [6.45, 7) is 4.03. The van der Waals surface area contributed by atoms with Gasteiger partial charge in [-0.3, -0.25) is 0 Å². The van der Waals surface area contributed by atoms with Crippen molar-refractivity contribution in [2.24, 2.45) is 0 Å². The quantitative estimate of drug-likeness (QED) is 0.885. The largest absolute Gasteiger partial charge is 0.376 e. The first-order chi connectivity index (χ1) is 9.31. The van der Waals surface area contributed by atoms with E-state index in [2.05, 4.69) is 51.7 Å². The van der Waals surface area contributed by atoms with Gasteiger partial charge in [0.05, 0.1) is 12.1 Å². The maximum atomic E-state index is 5.90. The lowest BCUT2D eigenvalue weighted by atomic mass is 9.98. The van der Waals surface area contributed by atoms with Crippen LogP contribution in [-0.2, 0) is 4.74 Å². The summed E-state index contributed by atoms with van der Waals surface area (Å²) in [5.41, 5.74) is 1.38. The van der Waals surface area contributed by atoms with Crippen LogP contribution in [0.4, 0.5) is 0 Å². The first kappa shape index (κ1) is 13.6. The minimum atomic E-state index is 0.315. The van der Waals surface area contributed by atoms with Crippen LogP contribution in [0.15, 0.2) is 28.1 Å². The summed E-state index contributed by atoms with van der Waals surface area (Å²) in [6.07, 6.45) is 2.65. The Balaban J connectivity index is 2.02. The molecular formula is C15H18BrNOS. The fourth-order valence-corrected chi connectivity index (χ4v) is 4.47. The van der Waals surface area contributed by atoms with Crippen molar-refractivity contribution in [2.75, 3.05) is 13.2 Å². The van der Waals surface area contributed by atoms with Gasteiger partial charge in [-0.15, -0.1) is 11.3 Å². The summed E-state index contributed by atoms with van der Waals surface area (Å²) >= 11 is 5.45. The van der Waals surface area contributed by atoms with Crippen molar-refractivity contribution in [2.45, 2.75) is 31.9 Å². The number of hydrogen-bond donors (Lipinski definition) is 1. The summed E-state index contributed by atoms with van der Waals surface area (Å²) in [5.74, 6) is 0. The van der Waals surface area contributed by atoms with Gasteiger partial charge in [0.15, 0.2) is 0 Å². The van der Waals surface area contributed by atoms with Crippen molar-refractivity contribution in [3.05, 3.63) is 33.6 Å². The fraction of sp³-hybridized carbons (Fsp3) is 0.467. The molecule has 0 spiro atoms. The van der Waals surface area contributed by atoms with Crippen molar-refractivity contribution >= 4 is 37.4 Å². The molecule has 2 atom stereocenters. The minimum Gasteiger partial charge on any atom is -0.376 e. The number of nitrogens with one attached hydrogen (secondary N) is 1. The van der Waals surface area contributed by atoms with E-state index in [4.69, 9.17) is 4.74 Å². The molecule has 1 saturated heterocycles. The molecule has 1 aromatic carbocycles. The first-order valence-corrected chi connectivity index (χ1v) is 8.49. The van der Waals surface area contributed by atoms with Crippen LogP contribution in [0.3, 0.4) is 0 Å². The van der Waals surface area contributed by atoms with E-state index >= 15 is 0 Å². The van der Waals surface area contributed by atoms with E-state index < -0.39 is 0 Å². The zero-order valence-corrected chi connectivity index (χ0v) is 13.4. The third-order valence-electron chi connectivity index (χ3n) is 3.68. The molecule has 2 nitrogen and oxygen atoms in total. The average molecular weight is 340 g/mol. The molecule has 0 bridgehead atoms. The maximum absolute atomic E-state index is 5.90. The third kappa shape index (κ3) is 2.59. The number of ether oxygens (including phenoxy) is 1. The van der Waals surface area contributed by atoms with Gasteiger partial charge in [0, 0.05) is 15.8 Å². The van der Waals surface area contributed by atoms with Crippen molar-refractivity contribution < 1.29 is 4.74 Å². The second kappa shape index (κ2) is 5.92. The van der Waals surface area contributed by atoms with Gasteiger partial charge in [-0.25, -0.2) is 0 Å². The molecule has 0 radical (unpaired) electrons. The molecule has 1 fully saturated rings. The van der Waals surface area contributed by atoms with Crippen LogP contribution in [0.5, 0.6) is 0 Å². The predicted molar refractivity (Wildman–Crippen MR) is 84.9 cm³/mol. The number of likely N-dealkylation sites (N-methyl/N-ethyl adjacent to an activating group) is 1. The van der Waals surface area contributed by atoms with Gasteiger partial charge in [0.1, 0.15) is 0 Å². The highest BCUT2D eigenvalue weighted by Gasteiger charge is 2.28. The van der Waals surface area contributed by atoms with Crippen LogP contribution < -0.4 is 5.32 Å². The standard InChI is InChI=1S/C15H18BrNOS/c1-2-17-14(13-7-4-8-18-13)11-9-19-15-10(11)5-3-6-12(15)16/h3,5-6,9,13-14,17H,2,4,7-8H2,1H3. The van der Waals surface area contributed by atoms with E-state index in [9.17, 15) is 0 Å². The Morgan fingerprint density at radius 3 is 3.16 bits per heavy atom. The highest BCUT2D eigenvalue weighted by molar-refractivity contribution is 9.10. The van der Waals surface area contributed by atoms with Gasteiger partial charge in [0.25, 0.3) is 0 Å². The number of halogens is 1. The van der Waals surface area contributed by atoms with E-state index in [0.29, 0.717) is 12.1 Å². The summed E-state index contributed by atoms with van der Waals surface area (Å²) in [5, 5.41) is 7.24. The average Bonchev–Trinajstić information content (AvgIpc) is 3.06. The third-order valence-corrected chi connectivity index (χ3v) is 5.65. The molecule has 1 aliphatic heterocycles. The second-order valence-electron chi connectivity index (χ2n) is 4.89. The molecule has 1 aliphatic rings. The Kier molecular flexibility index (Phi) is 4.22. The lowest BCUT2D eigenvalue weighted by Crippen LogP contribution is -2.31. The molecule has 0 saturated carbocycles. The Labute approximate surface area is 126 Å². The zero-order valence-electron chi connectivity index (χ0n) is 11.0. The normalized spacial score (nSPS) is 21.1. The monoisotopic (exact) mass is 339 g/mol. The van der Waals surface area contributed by atoms with Crippen molar-refractivity contribution in [3.63, 3.8) is 0 Å². The van der Waals surface area contributed by atoms with E-state index in [-0.39, 0.29) is 0 Å². The molecule has 0 amide bonds. The van der Waals surface area contributed by atoms with E-state index in [1.165, 1.54) is 26.5 Å². The smallest absolute Gasteiger partial charge is 0.0771 e. The number of benzene rings is 1. The molecule has 102 valence electrons. The van der Waals surface area contributed by atoms with E-state index in [0.717, 1.165) is 19.6 Å². The van der Waals surface area contributed by atoms with Gasteiger partial charge in [-0.2, -0.15) is 0 Å². The zero-order chi connectivity index (χ0) is 13.2. The van der Waals surface area contributed by atoms with Crippen molar-refractivity contribution in [1.82, 2.24) is 5.32 Å². The molecule has 2 heterocycles. The van der Waals surface area contributed by atoms with Crippen LogP contribution in [0.1, 0.15) is 31.4 Å². The summed E-state index contributed by atoms with van der Waals surface area (Å²) in [6, 6.07) is 6.75. The molecule has 2 aromatic rings. The summed E-state index contributed by atoms with van der Waals surface area (Å²) in [4.78, 5) is 0. The number of thiophene rings is 1. The van der Waals surface area contributed by atoms with Gasteiger partial charge in [-0.1, -0.05) is 19.1 Å². The maximum Gasteiger partial charge on any atom is 0.0771 e. The molecule has 2 unspecified atom stereocenters. The highest BCUT2D eigenvalue weighted by atomic mass is 79.9. The summed E-state index contributed by atoms with van der Waals surface area (Å²) in [7, 11) is 0. The Hall–Kier alpha value is -0.420. The molecular weight excluding hydrogens is 322 g/mol. The van der Waals surface area contributed by atoms with Crippen molar-refractivity contribution in [3.8, 4) is 0 Å². The number of rotatable bonds is 4. The number of fused-ring (bicyclic) bond motifs is 1. The number of hydrogen-bond acceptors (Lipinski definition) is 3. The van der Waals surface area contributed by atoms with Gasteiger partial charge in [-0.05, 0) is 57.7 Å². The molecule has 0 aliphatic carbocycles. The van der Waals surface area contributed by atoms with Crippen LogP contribution in [0.25, 0.3) is 10.1 Å².